The molecule has 0 unspecified atom stereocenters. The Bertz CT molecular complexity index is 779. The summed E-state index contributed by atoms with van der Waals surface area (Å²) in [6, 6.07) is 12.4. The fourth-order valence-electron chi connectivity index (χ4n) is 2.96. The Morgan fingerprint density at radius 2 is 2.04 bits per heavy atom. The number of hydrogen-bond acceptors (Lipinski definition) is 3. The zero-order valence-corrected chi connectivity index (χ0v) is 16.2. The molecule has 2 rings (SSSR count). The van der Waals surface area contributed by atoms with Crippen molar-refractivity contribution in [3.05, 3.63) is 72.1 Å². The Morgan fingerprint density at radius 1 is 1.22 bits per heavy atom. The van der Waals surface area contributed by atoms with Crippen molar-refractivity contribution in [2.45, 2.75) is 39.8 Å². The van der Waals surface area contributed by atoms with Crippen molar-refractivity contribution in [1.82, 2.24) is 9.47 Å². The van der Waals surface area contributed by atoms with Crippen molar-refractivity contribution in [1.29, 1.82) is 0 Å². The summed E-state index contributed by atoms with van der Waals surface area (Å²) in [6.45, 7) is 9.58. The van der Waals surface area contributed by atoms with Crippen LogP contribution in [0.25, 0.3) is 0 Å². The zero-order chi connectivity index (χ0) is 19.6. The third kappa shape index (κ3) is 6.44. The lowest BCUT2D eigenvalue weighted by atomic mass is 10.1. The molecule has 0 saturated carbocycles. The molecule has 27 heavy (non-hydrogen) atoms. The van der Waals surface area contributed by atoms with Crippen LogP contribution in [0, 0.1) is 6.92 Å². The summed E-state index contributed by atoms with van der Waals surface area (Å²) < 4.78 is 7.04. The van der Waals surface area contributed by atoms with Crippen LogP contribution in [-0.2, 0) is 27.4 Å². The second-order valence-electron chi connectivity index (χ2n) is 6.48. The fourth-order valence-corrected chi connectivity index (χ4v) is 2.96. The number of aryl methyl sites for hydroxylation is 1. The SMILES string of the molecule is C=CCN(Cc1cccn1Cc1cccc(C)c1)C(=O)CCC(=O)OCC. The van der Waals surface area contributed by atoms with Crippen LogP contribution in [0.15, 0.2) is 55.3 Å². The number of carbonyl (C=O) groups is 2. The van der Waals surface area contributed by atoms with E-state index in [0.717, 1.165) is 12.2 Å². The monoisotopic (exact) mass is 368 g/mol. The molecule has 0 N–H and O–H groups in total. The number of amides is 1. The summed E-state index contributed by atoms with van der Waals surface area (Å²) in [7, 11) is 0. The number of aromatic nitrogens is 1. The molecule has 0 radical (unpaired) electrons. The van der Waals surface area contributed by atoms with Gasteiger partial charge in [-0.05, 0) is 31.5 Å². The highest BCUT2D eigenvalue weighted by Gasteiger charge is 2.16. The molecule has 0 atom stereocenters. The fraction of sp³-hybridized carbons (Fsp3) is 0.364. The maximum absolute atomic E-state index is 12.5. The van der Waals surface area contributed by atoms with Crippen molar-refractivity contribution in [2.75, 3.05) is 13.2 Å². The normalized spacial score (nSPS) is 10.4. The maximum atomic E-state index is 12.5. The van der Waals surface area contributed by atoms with E-state index in [9.17, 15) is 9.59 Å². The summed E-state index contributed by atoms with van der Waals surface area (Å²) in [6.07, 6.45) is 3.97. The van der Waals surface area contributed by atoms with Gasteiger partial charge in [0.25, 0.3) is 0 Å². The van der Waals surface area contributed by atoms with Gasteiger partial charge >= 0.3 is 5.97 Å². The third-order valence-electron chi connectivity index (χ3n) is 4.26. The first kappa shape index (κ1) is 20.5. The molecule has 2 aromatic rings. The molecule has 1 aromatic heterocycles. The summed E-state index contributed by atoms with van der Waals surface area (Å²) >= 11 is 0. The van der Waals surface area contributed by atoms with Crippen LogP contribution < -0.4 is 0 Å². The minimum absolute atomic E-state index is 0.0775. The van der Waals surface area contributed by atoms with Crippen LogP contribution in [0.3, 0.4) is 0 Å². The first-order valence-corrected chi connectivity index (χ1v) is 9.27. The maximum Gasteiger partial charge on any atom is 0.306 e. The highest BCUT2D eigenvalue weighted by Crippen LogP contribution is 2.13. The smallest absolute Gasteiger partial charge is 0.306 e. The second-order valence-corrected chi connectivity index (χ2v) is 6.48. The predicted octanol–water partition coefficient (Wildman–Crippen LogP) is 3.70. The van der Waals surface area contributed by atoms with E-state index in [4.69, 9.17) is 4.74 Å². The number of rotatable bonds is 10. The van der Waals surface area contributed by atoms with Gasteiger partial charge in [0.05, 0.1) is 19.6 Å². The average Bonchev–Trinajstić information content (AvgIpc) is 3.06. The average molecular weight is 368 g/mol. The summed E-state index contributed by atoms with van der Waals surface area (Å²) in [5.41, 5.74) is 3.49. The van der Waals surface area contributed by atoms with Crippen LogP contribution in [0.5, 0.6) is 0 Å². The van der Waals surface area contributed by atoms with E-state index in [1.165, 1.54) is 11.1 Å². The lowest BCUT2D eigenvalue weighted by molar-refractivity contribution is -0.145. The molecule has 1 heterocycles. The van der Waals surface area contributed by atoms with Crippen molar-refractivity contribution < 1.29 is 14.3 Å². The summed E-state index contributed by atoms with van der Waals surface area (Å²) in [5.74, 6) is -0.418. The number of hydrogen-bond donors (Lipinski definition) is 0. The molecule has 5 nitrogen and oxygen atoms in total. The number of nitrogens with zero attached hydrogens (tertiary/aromatic N) is 2. The van der Waals surface area contributed by atoms with Gasteiger partial charge in [0, 0.05) is 31.4 Å². The molecule has 144 valence electrons. The molecule has 0 aliphatic heterocycles. The van der Waals surface area contributed by atoms with Crippen molar-refractivity contribution >= 4 is 11.9 Å². The highest BCUT2D eigenvalue weighted by atomic mass is 16.5. The zero-order valence-electron chi connectivity index (χ0n) is 16.2. The largest absolute Gasteiger partial charge is 0.466 e. The molecule has 5 heteroatoms. The lowest BCUT2D eigenvalue weighted by Gasteiger charge is -2.22. The van der Waals surface area contributed by atoms with E-state index in [2.05, 4.69) is 42.3 Å². The van der Waals surface area contributed by atoms with E-state index < -0.39 is 0 Å². The minimum Gasteiger partial charge on any atom is -0.466 e. The van der Waals surface area contributed by atoms with E-state index in [1.807, 2.05) is 18.3 Å². The number of ether oxygens (including phenoxy) is 1. The second kappa shape index (κ2) is 10.4. The van der Waals surface area contributed by atoms with Gasteiger partial charge in [0.2, 0.25) is 5.91 Å². The molecule has 0 fully saturated rings. The van der Waals surface area contributed by atoms with Crippen molar-refractivity contribution in [3.63, 3.8) is 0 Å². The quantitative estimate of drug-likeness (QED) is 0.475. The predicted molar refractivity (Wildman–Crippen MR) is 106 cm³/mol. The molecule has 0 bridgehead atoms. The van der Waals surface area contributed by atoms with Crippen molar-refractivity contribution in [2.24, 2.45) is 0 Å². The van der Waals surface area contributed by atoms with Crippen LogP contribution >= 0.6 is 0 Å². The molecule has 0 saturated heterocycles. The Morgan fingerprint density at radius 3 is 2.74 bits per heavy atom. The molecular formula is C22H28N2O3. The molecule has 0 aliphatic rings. The molecular weight excluding hydrogens is 340 g/mol. The standard InChI is InChI=1S/C22H28N2O3/c1-4-13-24(21(25)11-12-22(26)27-5-2)17-20-10-7-14-23(20)16-19-9-6-8-18(3)15-19/h4,6-10,14-15H,1,5,11-13,16-17H2,2-3H3. The van der Waals surface area contributed by atoms with Crippen LogP contribution in [0.4, 0.5) is 0 Å². The Kier molecular flexibility index (Phi) is 7.86. The van der Waals surface area contributed by atoms with Crippen LogP contribution in [-0.4, -0.2) is 34.5 Å². The Labute approximate surface area is 161 Å². The number of benzene rings is 1. The summed E-state index contributed by atoms with van der Waals surface area (Å²) in [4.78, 5) is 25.8. The minimum atomic E-state index is -0.341. The van der Waals surface area contributed by atoms with Gasteiger partial charge in [-0.2, -0.15) is 0 Å². The topological polar surface area (TPSA) is 51.5 Å². The molecule has 1 aromatic carbocycles. The lowest BCUT2D eigenvalue weighted by Crippen LogP contribution is -2.32. The Balaban J connectivity index is 2.03. The van der Waals surface area contributed by atoms with Gasteiger partial charge < -0.3 is 14.2 Å². The van der Waals surface area contributed by atoms with Gasteiger partial charge in [0.15, 0.2) is 0 Å². The van der Waals surface area contributed by atoms with E-state index in [1.54, 1.807) is 17.9 Å². The van der Waals surface area contributed by atoms with E-state index in [0.29, 0.717) is 19.7 Å². The molecule has 0 spiro atoms. The first-order chi connectivity index (χ1) is 13.0. The van der Waals surface area contributed by atoms with Gasteiger partial charge in [-0.3, -0.25) is 9.59 Å². The highest BCUT2D eigenvalue weighted by molar-refractivity contribution is 5.81. The van der Waals surface area contributed by atoms with Crippen molar-refractivity contribution in [3.8, 4) is 0 Å². The van der Waals surface area contributed by atoms with Gasteiger partial charge in [0.1, 0.15) is 0 Å². The number of esters is 1. The van der Waals surface area contributed by atoms with Gasteiger partial charge in [-0.15, -0.1) is 6.58 Å². The van der Waals surface area contributed by atoms with Crippen LogP contribution in [0.2, 0.25) is 0 Å². The van der Waals surface area contributed by atoms with Gasteiger partial charge in [-0.1, -0.05) is 35.9 Å². The van der Waals surface area contributed by atoms with Gasteiger partial charge in [-0.25, -0.2) is 0 Å². The number of carbonyl (C=O) groups excluding carboxylic acids is 2. The third-order valence-corrected chi connectivity index (χ3v) is 4.26. The summed E-state index contributed by atoms with van der Waals surface area (Å²) in [5, 5.41) is 0. The molecule has 0 aliphatic carbocycles. The molecule has 1 amide bonds. The Hall–Kier alpha value is -2.82. The first-order valence-electron chi connectivity index (χ1n) is 9.27. The van der Waals surface area contributed by atoms with E-state index >= 15 is 0 Å². The van der Waals surface area contributed by atoms with Crippen LogP contribution in [0.1, 0.15) is 36.6 Å². The van der Waals surface area contributed by atoms with E-state index in [-0.39, 0.29) is 24.7 Å².